The fourth-order valence-electron chi connectivity index (χ4n) is 3.15. The number of fused-ring (bicyclic) bond motifs is 1. The van der Waals surface area contributed by atoms with Gasteiger partial charge >= 0.3 is 0 Å². The van der Waals surface area contributed by atoms with E-state index in [4.69, 9.17) is 9.15 Å². The van der Waals surface area contributed by atoms with Crippen molar-refractivity contribution >= 4 is 16.9 Å². The average molecular weight is 375 g/mol. The number of carbonyl (C=O) groups is 1. The van der Waals surface area contributed by atoms with E-state index in [2.05, 4.69) is 10.4 Å². The van der Waals surface area contributed by atoms with Crippen molar-refractivity contribution in [1.82, 2.24) is 15.1 Å². The molecule has 0 unspecified atom stereocenters. The highest BCUT2D eigenvalue weighted by Crippen LogP contribution is 2.29. The summed E-state index contributed by atoms with van der Waals surface area (Å²) in [4.78, 5) is 12.8. The van der Waals surface area contributed by atoms with E-state index in [-0.39, 0.29) is 5.91 Å². The molecule has 0 aliphatic carbocycles. The Labute approximate surface area is 162 Å². The van der Waals surface area contributed by atoms with Crippen molar-refractivity contribution in [3.63, 3.8) is 0 Å². The molecule has 4 aromatic rings. The Bertz CT molecular complexity index is 1110. The minimum Gasteiger partial charge on any atom is -0.489 e. The number of amides is 1. The molecular weight excluding hydrogens is 354 g/mol. The van der Waals surface area contributed by atoms with Gasteiger partial charge in [0.25, 0.3) is 5.91 Å². The Morgan fingerprint density at radius 1 is 1.18 bits per heavy atom. The zero-order chi connectivity index (χ0) is 19.5. The minimum atomic E-state index is -0.183. The summed E-state index contributed by atoms with van der Waals surface area (Å²) in [6.07, 6.45) is 1.70. The van der Waals surface area contributed by atoms with Crippen LogP contribution in [0.2, 0.25) is 0 Å². The number of nitrogens with one attached hydrogen (secondary N) is 1. The monoisotopic (exact) mass is 375 g/mol. The molecule has 0 fully saturated rings. The number of hydrogen-bond donors (Lipinski definition) is 1. The summed E-state index contributed by atoms with van der Waals surface area (Å²) in [5.41, 5.74) is 3.20. The Morgan fingerprint density at radius 2 is 2.00 bits per heavy atom. The summed E-state index contributed by atoms with van der Waals surface area (Å²) in [5.74, 6) is 1.09. The molecule has 2 heterocycles. The molecule has 0 spiro atoms. The van der Waals surface area contributed by atoms with Crippen molar-refractivity contribution in [2.24, 2.45) is 7.05 Å². The minimum absolute atomic E-state index is 0.183. The Balaban J connectivity index is 1.54. The van der Waals surface area contributed by atoms with Gasteiger partial charge in [0.15, 0.2) is 0 Å². The summed E-state index contributed by atoms with van der Waals surface area (Å²) in [7, 11) is 1.84. The first kappa shape index (κ1) is 17.9. The number of aryl methyl sites for hydroxylation is 2. The zero-order valence-electron chi connectivity index (χ0n) is 15.8. The average Bonchev–Trinajstić information content (AvgIpc) is 3.26. The molecule has 0 bridgehead atoms. The first-order valence-electron chi connectivity index (χ1n) is 9.07. The van der Waals surface area contributed by atoms with Crippen LogP contribution in [-0.2, 0) is 20.2 Å². The second-order valence-electron chi connectivity index (χ2n) is 6.59. The molecule has 0 aliphatic rings. The predicted octanol–water partition coefficient (Wildman–Crippen LogP) is 3.98. The topological polar surface area (TPSA) is 69.3 Å². The van der Waals surface area contributed by atoms with Crippen molar-refractivity contribution < 1.29 is 13.9 Å². The number of rotatable bonds is 6. The lowest BCUT2D eigenvalue weighted by Crippen LogP contribution is -2.24. The van der Waals surface area contributed by atoms with Gasteiger partial charge in [-0.05, 0) is 36.8 Å². The normalized spacial score (nSPS) is 10.9. The van der Waals surface area contributed by atoms with Crippen LogP contribution in [0.25, 0.3) is 11.0 Å². The van der Waals surface area contributed by atoms with Gasteiger partial charge < -0.3 is 14.5 Å². The Kier molecular flexibility index (Phi) is 4.85. The van der Waals surface area contributed by atoms with Crippen molar-refractivity contribution in [3.8, 4) is 5.75 Å². The van der Waals surface area contributed by atoms with Crippen LogP contribution in [0.4, 0.5) is 0 Å². The number of ether oxygens (including phenoxy) is 1. The SMILES string of the molecule is Cc1oc2ccc(OCc3ccccc3)cc2c1C(=O)NCc1ccnn1C. The van der Waals surface area contributed by atoms with Gasteiger partial charge in [-0.15, -0.1) is 0 Å². The van der Waals surface area contributed by atoms with Crippen LogP contribution >= 0.6 is 0 Å². The molecule has 2 aromatic carbocycles. The number of furan rings is 1. The third-order valence-corrected chi connectivity index (χ3v) is 4.66. The fraction of sp³-hybridized carbons (Fsp3) is 0.182. The maximum absolute atomic E-state index is 12.8. The number of benzene rings is 2. The summed E-state index contributed by atoms with van der Waals surface area (Å²) in [6.45, 7) is 2.65. The first-order valence-corrected chi connectivity index (χ1v) is 9.07. The molecule has 0 atom stereocenters. The highest BCUT2D eigenvalue weighted by Gasteiger charge is 2.19. The maximum Gasteiger partial charge on any atom is 0.255 e. The van der Waals surface area contributed by atoms with Gasteiger partial charge in [0, 0.05) is 18.6 Å². The van der Waals surface area contributed by atoms with Gasteiger partial charge in [-0.2, -0.15) is 5.10 Å². The summed E-state index contributed by atoms with van der Waals surface area (Å²) >= 11 is 0. The van der Waals surface area contributed by atoms with Crippen LogP contribution < -0.4 is 10.1 Å². The molecule has 0 radical (unpaired) electrons. The smallest absolute Gasteiger partial charge is 0.255 e. The lowest BCUT2D eigenvalue weighted by atomic mass is 10.1. The maximum atomic E-state index is 12.8. The molecule has 142 valence electrons. The van der Waals surface area contributed by atoms with E-state index >= 15 is 0 Å². The third-order valence-electron chi connectivity index (χ3n) is 4.66. The molecular formula is C22H21N3O3. The standard InChI is InChI=1S/C22H21N3O3/c1-15-21(22(26)23-13-17-10-11-24-25(17)2)19-12-18(8-9-20(19)28-15)27-14-16-6-4-3-5-7-16/h3-12H,13-14H2,1-2H3,(H,23,26). The number of hydrogen-bond acceptors (Lipinski definition) is 4. The van der Waals surface area contributed by atoms with E-state index in [1.165, 1.54) is 0 Å². The Morgan fingerprint density at radius 3 is 2.75 bits per heavy atom. The number of aromatic nitrogens is 2. The van der Waals surface area contributed by atoms with Crippen molar-refractivity contribution in [3.05, 3.63) is 83.4 Å². The van der Waals surface area contributed by atoms with Gasteiger partial charge in [-0.3, -0.25) is 9.48 Å². The van der Waals surface area contributed by atoms with Crippen LogP contribution in [0.1, 0.15) is 27.4 Å². The van der Waals surface area contributed by atoms with Crippen LogP contribution in [0.3, 0.4) is 0 Å². The zero-order valence-corrected chi connectivity index (χ0v) is 15.8. The molecule has 6 heteroatoms. The molecule has 0 saturated carbocycles. The van der Waals surface area contributed by atoms with Gasteiger partial charge in [0.2, 0.25) is 0 Å². The number of nitrogens with zero attached hydrogens (tertiary/aromatic N) is 2. The van der Waals surface area contributed by atoms with Crippen molar-refractivity contribution in [1.29, 1.82) is 0 Å². The molecule has 0 saturated heterocycles. The molecule has 4 rings (SSSR count). The van der Waals surface area contributed by atoms with E-state index in [9.17, 15) is 4.79 Å². The lowest BCUT2D eigenvalue weighted by molar-refractivity contribution is 0.0950. The highest BCUT2D eigenvalue weighted by molar-refractivity contribution is 6.07. The second kappa shape index (κ2) is 7.60. The van der Waals surface area contributed by atoms with E-state index in [1.54, 1.807) is 17.8 Å². The number of carbonyl (C=O) groups excluding carboxylic acids is 1. The molecule has 0 aliphatic heterocycles. The van der Waals surface area contributed by atoms with Crippen molar-refractivity contribution in [2.45, 2.75) is 20.1 Å². The fourth-order valence-corrected chi connectivity index (χ4v) is 3.15. The van der Waals surface area contributed by atoms with Gasteiger partial charge in [-0.25, -0.2) is 0 Å². The van der Waals surface area contributed by atoms with Gasteiger partial charge in [0.05, 0.1) is 17.8 Å². The van der Waals surface area contributed by atoms with E-state index in [1.807, 2.05) is 61.6 Å². The lowest BCUT2D eigenvalue weighted by Gasteiger charge is -2.07. The molecule has 28 heavy (non-hydrogen) atoms. The Hall–Kier alpha value is -3.54. The molecule has 6 nitrogen and oxygen atoms in total. The first-order chi connectivity index (χ1) is 13.6. The van der Waals surface area contributed by atoms with E-state index in [0.29, 0.717) is 35.8 Å². The summed E-state index contributed by atoms with van der Waals surface area (Å²) < 4.78 is 13.4. The molecule has 2 aromatic heterocycles. The van der Waals surface area contributed by atoms with Crippen LogP contribution in [0.15, 0.2) is 65.2 Å². The molecule has 1 N–H and O–H groups in total. The summed E-state index contributed by atoms with van der Waals surface area (Å²) in [5, 5.41) is 7.79. The van der Waals surface area contributed by atoms with Gasteiger partial charge in [0.1, 0.15) is 23.7 Å². The van der Waals surface area contributed by atoms with E-state index in [0.717, 1.165) is 16.6 Å². The second-order valence-corrected chi connectivity index (χ2v) is 6.59. The third kappa shape index (κ3) is 3.62. The molecule has 1 amide bonds. The van der Waals surface area contributed by atoms with Crippen LogP contribution in [0.5, 0.6) is 5.75 Å². The van der Waals surface area contributed by atoms with Gasteiger partial charge in [-0.1, -0.05) is 30.3 Å². The van der Waals surface area contributed by atoms with E-state index < -0.39 is 0 Å². The predicted molar refractivity (Wildman–Crippen MR) is 106 cm³/mol. The highest BCUT2D eigenvalue weighted by atomic mass is 16.5. The van der Waals surface area contributed by atoms with Crippen molar-refractivity contribution in [2.75, 3.05) is 0 Å². The van der Waals surface area contributed by atoms with Crippen LogP contribution in [0, 0.1) is 6.92 Å². The largest absolute Gasteiger partial charge is 0.489 e. The summed E-state index contributed by atoms with van der Waals surface area (Å²) in [6, 6.07) is 17.4. The quantitative estimate of drug-likeness (QED) is 0.553. The van der Waals surface area contributed by atoms with Crippen LogP contribution in [-0.4, -0.2) is 15.7 Å².